The van der Waals surface area contributed by atoms with Crippen molar-refractivity contribution in [1.29, 1.82) is 0 Å². The molecule has 3 unspecified atom stereocenters. The zero-order valence-electron chi connectivity index (χ0n) is 24.5. The summed E-state index contributed by atoms with van der Waals surface area (Å²) in [4.78, 5) is 38.6. The Kier molecular flexibility index (Phi) is 9.29. The topological polar surface area (TPSA) is 102 Å². The van der Waals surface area contributed by atoms with Crippen LogP contribution in [0.2, 0.25) is 0 Å². The highest BCUT2D eigenvalue weighted by molar-refractivity contribution is 8.00. The molecule has 0 spiro atoms. The Morgan fingerprint density at radius 1 is 1.18 bits per heavy atom. The van der Waals surface area contributed by atoms with Gasteiger partial charge in [-0.15, -0.1) is 18.3 Å². The minimum absolute atomic E-state index is 0.0382. The number of hydrogen-bond acceptors (Lipinski definition) is 8. The van der Waals surface area contributed by atoms with Crippen molar-refractivity contribution in [1.82, 2.24) is 5.32 Å². The summed E-state index contributed by atoms with van der Waals surface area (Å²) in [6, 6.07) is 0.244. The molecule has 4 rings (SSSR count). The molecule has 0 saturated heterocycles. The summed E-state index contributed by atoms with van der Waals surface area (Å²) in [7, 11) is 0. The number of thioether (sulfide) groups is 1. The smallest absolute Gasteiger partial charge is 0.319 e. The number of carbonyl (C=O) groups is 3. The van der Waals surface area contributed by atoms with Crippen LogP contribution < -0.4 is 5.32 Å². The molecule has 4 fully saturated rings. The number of aliphatic hydroxyl groups is 1. The highest BCUT2D eigenvalue weighted by Gasteiger charge is 2.68. The van der Waals surface area contributed by atoms with E-state index in [-0.39, 0.29) is 59.2 Å². The van der Waals surface area contributed by atoms with E-state index in [0.29, 0.717) is 24.7 Å². The lowest BCUT2D eigenvalue weighted by atomic mass is 9.44. The summed E-state index contributed by atoms with van der Waals surface area (Å²) in [6.07, 6.45) is 7.24. The quantitative estimate of drug-likeness (QED) is 0.308. The van der Waals surface area contributed by atoms with Crippen molar-refractivity contribution in [2.45, 2.75) is 109 Å². The number of carbonyl (C=O) groups excluding carboxylic acids is 3. The van der Waals surface area contributed by atoms with Crippen molar-refractivity contribution >= 4 is 29.5 Å². The summed E-state index contributed by atoms with van der Waals surface area (Å²) in [5, 5.41) is 15.3. The normalized spacial score (nSPS) is 43.7. The average molecular weight is 564 g/mol. The number of hydrogen-bond donors (Lipinski definition) is 2. The largest absolute Gasteiger partial charge is 0.465 e. The maximum atomic E-state index is 13.5. The van der Waals surface area contributed by atoms with Crippen LogP contribution in [0, 0.1) is 34.0 Å². The Labute approximate surface area is 238 Å². The number of Topliss-reactive ketones (excluding diaryl/α,β-unsaturated/α-hetero) is 1. The van der Waals surface area contributed by atoms with Gasteiger partial charge in [-0.05, 0) is 69.1 Å². The highest BCUT2D eigenvalue weighted by Crippen LogP contribution is 2.68. The van der Waals surface area contributed by atoms with Crippen LogP contribution in [0.5, 0.6) is 0 Å². The molecule has 8 heteroatoms. The van der Waals surface area contributed by atoms with E-state index in [4.69, 9.17) is 9.47 Å². The third-order valence-corrected chi connectivity index (χ3v) is 12.5. The lowest BCUT2D eigenvalue weighted by Gasteiger charge is -2.61. The predicted octanol–water partition coefficient (Wildman–Crippen LogP) is 4.70. The van der Waals surface area contributed by atoms with Gasteiger partial charge in [0.1, 0.15) is 11.9 Å². The van der Waals surface area contributed by atoms with Crippen LogP contribution in [-0.4, -0.2) is 65.2 Å². The van der Waals surface area contributed by atoms with E-state index >= 15 is 0 Å². The summed E-state index contributed by atoms with van der Waals surface area (Å²) >= 11 is 1.62. The molecule has 0 aromatic rings. The minimum atomic E-state index is -0.658. The first-order chi connectivity index (χ1) is 18.4. The molecule has 2 N–H and O–H groups in total. The molecule has 4 aliphatic rings. The van der Waals surface area contributed by atoms with Crippen molar-refractivity contribution in [3.63, 3.8) is 0 Å². The van der Waals surface area contributed by atoms with Crippen LogP contribution in [0.15, 0.2) is 12.7 Å². The fourth-order valence-corrected chi connectivity index (χ4v) is 9.71. The van der Waals surface area contributed by atoms with Crippen LogP contribution >= 0.6 is 11.8 Å². The predicted molar refractivity (Wildman–Crippen MR) is 153 cm³/mol. The van der Waals surface area contributed by atoms with Crippen LogP contribution in [-0.2, 0) is 23.9 Å². The lowest BCUT2D eigenvalue weighted by molar-refractivity contribution is -0.205. The second-order valence-corrected chi connectivity index (χ2v) is 14.5. The second-order valence-electron chi connectivity index (χ2n) is 13.2. The van der Waals surface area contributed by atoms with Crippen LogP contribution in [0.25, 0.3) is 0 Å². The zero-order chi connectivity index (χ0) is 28.6. The van der Waals surface area contributed by atoms with Gasteiger partial charge in [-0.25, -0.2) is 0 Å². The molecule has 39 heavy (non-hydrogen) atoms. The summed E-state index contributed by atoms with van der Waals surface area (Å²) < 4.78 is 11.4. The molecule has 7 nitrogen and oxygen atoms in total. The summed E-state index contributed by atoms with van der Waals surface area (Å²) in [5.41, 5.74) is -1.37. The molecule has 4 aliphatic carbocycles. The highest BCUT2D eigenvalue weighted by atomic mass is 32.2. The van der Waals surface area contributed by atoms with E-state index in [1.165, 1.54) is 0 Å². The molecule has 4 saturated carbocycles. The van der Waals surface area contributed by atoms with Gasteiger partial charge >= 0.3 is 11.9 Å². The summed E-state index contributed by atoms with van der Waals surface area (Å²) in [6.45, 7) is 15.0. The molecular weight excluding hydrogens is 514 g/mol. The van der Waals surface area contributed by atoms with Crippen molar-refractivity contribution < 1.29 is 29.0 Å². The van der Waals surface area contributed by atoms with E-state index in [2.05, 4.69) is 32.7 Å². The Hall–Kier alpha value is -1.38. The summed E-state index contributed by atoms with van der Waals surface area (Å²) in [5.74, 6) is 0.0101. The van der Waals surface area contributed by atoms with Gasteiger partial charge in [0.2, 0.25) is 0 Å². The van der Waals surface area contributed by atoms with E-state index in [1.54, 1.807) is 18.7 Å². The van der Waals surface area contributed by atoms with Crippen molar-refractivity contribution in [3.8, 4) is 0 Å². The first-order valence-electron chi connectivity index (χ1n) is 15.0. The standard InChI is InChI=1S/C31H49NO6S/c1-7-29(5)16-24(38-26(35)18-39-22-10-9-21(15-22)32-17-25(34)37-8-2)30(6)19(3)11-13-31(20(4)28(29)36)14-12-23(33)27(30)31/h7,19-22,24,27-28,32,36H,1,8-18H2,2-6H3/t19-,20+,21?,22?,24-,27+,28+,29-,30+,31?/m1/s1. The number of nitrogens with one attached hydrogen (secondary N) is 1. The fourth-order valence-electron chi connectivity index (χ4n) is 8.60. The van der Waals surface area contributed by atoms with E-state index in [0.717, 1.165) is 38.5 Å². The molecule has 0 aliphatic heterocycles. The number of ether oxygens (including phenoxy) is 2. The van der Waals surface area contributed by atoms with Gasteiger partial charge in [-0.2, -0.15) is 0 Å². The molecule has 0 aromatic carbocycles. The van der Waals surface area contributed by atoms with Gasteiger partial charge in [-0.3, -0.25) is 14.4 Å². The van der Waals surface area contributed by atoms with Gasteiger partial charge in [0.15, 0.2) is 0 Å². The number of ketones is 1. The molecule has 220 valence electrons. The van der Waals surface area contributed by atoms with E-state index < -0.39 is 23.0 Å². The van der Waals surface area contributed by atoms with Crippen LogP contribution in [0.4, 0.5) is 0 Å². The van der Waals surface area contributed by atoms with E-state index in [1.807, 2.05) is 13.0 Å². The minimum Gasteiger partial charge on any atom is -0.465 e. The molecule has 0 amide bonds. The molecule has 0 radical (unpaired) electrons. The van der Waals surface area contributed by atoms with Crippen molar-refractivity contribution in [2.24, 2.45) is 34.0 Å². The molecule has 0 aromatic heterocycles. The molecular formula is C31H49NO6S. The number of rotatable bonds is 9. The van der Waals surface area contributed by atoms with Crippen LogP contribution in [0.1, 0.15) is 86.0 Å². The van der Waals surface area contributed by atoms with Gasteiger partial charge < -0.3 is 19.9 Å². The first-order valence-corrected chi connectivity index (χ1v) is 16.0. The number of aliphatic hydroxyl groups excluding tert-OH is 1. The third kappa shape index (κ3) is 5.59. The first kappa shape index (κ1) is 30.6. The van der Waals surface area contributed by atoms with E-state index in [9.17, 15) is 19.5 Å². The third-order valence-electron chi connectivity index (χ3n) is 11.2. The Morgan fingerprint density at radius 3 is 2.62 bits per heavy atom. The second kappa shape index (κ2) is 11.8. The Morgan fingerprint density at radius 2 is 1.92 bits per heavy atom. The zero-order valence-corrected chi connectivity index (χ0v) is 25.3. The van der Waals surface area contributed by atoms with Crippen LogP contribution in [0.3, 0.4) is 0 Å². The van der Waals surface area contributed by atoms with Gasteiger partial charge in [0, 0.05) is 34.5 Å². The van der Waals surface area contributed by atoms with Crippen molar-refractivity contribution in [2.75, 3.05) is 18.9 Å². The Bertz CT molecular complexity index is 957. The van der Waals surface area contributed by atoms with Gasteiger partial charge in [-0.1, -0.05) is 33.8 Å². The maximum absolute atomic E-state index is 13.5. The van der Waals surface area contributed by atoms with Gasteiger partial charge in [0.25, 0.3) is 0 Å². The van der Waals surface area contributed by atoms with Gasteiger partial charge in [0.05, 0.1) is 25.0 Å². The average Bonchev–Trinajstić information content (AvgIpc) is 3.52. The maximum Gasteiger partial charge on any atom is 0.319 e. The monoisotopic (exact) mass is 563 g/mol. The number of esters is 2. The molecule has 10 atom stereocenters. The fraction of sp³-hybridized carbons (Fsp3) is 0.839. The molecule has 0 heterocycles. The van der Waals surface area contributed by atoms with Crippen molar-refractivity contribution in [3.05, 3.63) is 12.7 Å². The Balaban J connectivity index is 1.47. The molecule has 2 bridgehead atoms. The SMILES string of the molecule is C=C[C@]1(C)C[C@@H](OC(=O)CSC2CCC(NCC(=O)OCC)C2)[C@]2(C)[C@H](C)CCC3(CCC(=O)[C@H]32)[C@@H](C)[C@@H]1O. The lowest BCUT2D eigenvalue weighted by Crippen LogP contribution is -2.63.